The van der Waals surface area contributed by atoms with Gasteiger partial charge in [0, 0.05) is 18.4 Å². The molecule has 0 aromatic heterocycles. The smallest absolute Gasteiger partial charge is 0.253 e. The number of nitrogens with one attached hydrogen (secondary N) is 2. The second kappa shape index (κ2) is 6.56. The van der Waals surface area contributed by atoms with E-state index < -0.39 is 27.8 Å². The van der Waals surface area contributed by atoms with E-state index in [4.69, 9.17) is 0 Å². The van der Waals surface area contributed by atoms with Crippen LogP contribution in [0.25, 0.3) is 0 Å². The highest BCUT2D eigenvalue weighted by molar-refractivity contribution is 7.90. The summed E-state index contributed by atoms with van der Waals surface area (Å²) in [6.07, 6.45) is 0. The Morgan fingerprint density at radius 1 is 1.40 bits per heavy atom. The van der Waals surface area contributed by atoms with Crippen LogP contribution in [0.4, 0.5) is 4.39 Å². The second-order valence-corrected chi connectivity index (χ2v) is 7.54. The molecule has 1 unspecified atom stereocenters. The monoisotopic (exact) mass is 300 g/mol. The molecule has 0 saturated carbocycles. The van der Waals surface area contributed by atoms with Gasteiger partial charge in [-0.1, -0.05) is 6.07 Å². The Morgan fingerprint density at radius 3 is 2.45 bits per heavy atom. The van der Waals surface area contributed by atoms with Crippen LogP contribution in [0.5, 0.6) is 0 Å². The van der Waals surface area contributed by atoms with Gasteiger partial charge in [-0.05, 0) is 45.4 Å². The molecule has 0 aliphatic carbocycles. The summed E-state index contributed by atoms with van der Waals surface area (Å²) in [5, 5.41) is 2.38. The third-order valence-electron chi connectivity index (χ3n) is 2.80. The molecule has 0 bridgehead atoms. The van der Waals surface area contributed by atoms with Crippen molar-refractivity contribution in [2.45, 2.75) is 38.5 Å². The van der Waals surface area contributed by atoms with E-state index in [0.29, 0.717) is 5.56 Å². The number of hydrogen-bond donors (Lipinski definition) is 2. The SMILES string of the molecule is CNC(=O)c1ccc([C@H](C)N[S+]([O-])C(C)(C)C)cc1F. The van der Waals surface area contributed by atoms with Crippen LogP contribution in [0.15, 0.2) is 18.2 Å². The fraction of sp³-hybridized carbons (Fsp3) is 0.500. The Balaban J connectivity index is 2.88. The predicted octanol–water partition coefficient (Wildman–Crippen LogP) is 2.30. The molecule has 1 rings (SSSR count). The van der Waals surface area contributed by atoms with Crippen LogP contribution in [0, 0.1) is 5.82 Å². The van der Waals surface area contributed by atoms with E-state index in [2.05, 4.69) is 10.0 Å². The lowest BCUT2D eigenvalue weighted by Crippen LogP contribution is -2.40. The summed E-state index contributed by atoms with van der Waals surface area (Å²) in [6.45, 7) is 7.38. The third kappa shape index (κ3) is 4.19. The summed E-state index contributed by atoms with van der Waals surface area (Å²) in [5.41, 5.74) is 0.646. The molecule has 0 fully saturated rings. The van der Waals surface area contributed by atoms with Crippen molar-refractivity contribution in [1.29, 1.82) is 0 Å². The minimum absolute atomic E-state index is 0.000365. The number of benzene rings is 1. The van der Waals surface area contributed by atoms with E-state index in [1.165, 1.54) is 19.2 Å². The summed E-state index contributed by atoms with van der Waals surface area (Å²) in [5.74, 6) is -1.05. The van der Waals surface area contributed by atoms with Gasteiger partial charge in [0.15, 0.2) is 0 Å². The molecule has 0 radical (unpaired) electrons. The van der Waals surface area contributed by atoms with E-state index in [1.54, 1.807) is 13.0 Å². The van der Waals surface area contributed by atoms with Gasteiger partial charge in [-0.25, -0.2) is 4.39 Å². The average molecular weight is 300 g/mol. The van der Waals surface area contributed by atoms with E-state index in [-0.39, 0.29) is 11.6 Å². The zero-order valence-corrected chi connectivity index (χ0v) is 13.2. The summed E-state index contributed by atoms with van der Waals surface area (Å²) < 4.78 is 28.4. The highest BCUT2D eigenvalue weighted by Crippen LogP contribution is 2.21. The lowest BCUT2D eigenvalue weighted by atomic mass is 10.1. The molecule has 1 aromatic carbocycles. The summed E-state index contributed by atoms with van der Waals surface area (Å²) in [4.78, 5) is 11.4. The molecule has 0 heterocycles. The van der Waals surface area contributed by atoms with Crippen molar-refractivity contribution in [3.05, 3.63) is 35.1 Å². The highest BCUT2D eigenvalue weighted by Gasteiger charge is 2.28. The molecule has 1 aromatic rings. The Labute approximate surface area is 122 Å². The topological polar surface area (TPSA) is 64.2 Å². The van der Waals surface area contributed by atoms with Crippen LogP contribution >= 0.6 is 0 Å². The van der Waals surface area contributed by atoms with Gasteiger partial charge >= 0.3 is 0 Å². The van der Waals surface area contributed by atoms with Gasteiger partial charge in [0.1, 0.15) is 10.6 Å². The lowest BCUT2D eigenvalue weighted by Gasteiger charge is -2.26. The number of carbonyl (C=O) groups is 1. The Kier molecular flexibility index (Phi) is 5.56. The summed E-state index contributed by atoms with van der Waals surface area (Å²) >= 11 is -1.24. The molecule has 112 valence electrons. The van der Waals surface area contributed by atoms with Crippen LogP contribution < -0.4 is 10.0 Å². The van der Waals surface area contributed by atoms with Gasteiger partial charge in [0.2, 0.25) is 0 Å². The van der Waals surface area contributed by atoms with E-state index in [1.807, 2.05) is 20.8 Å². The van der Waals surface area contributed by atoms with Gasteiger partial charge in [0.05, 0.1) is 11.6 Å². The first kappa shape index (κ1) is 16.9. The molecule has 0 aliphatic heterocycles. The van der Waals surface area contributed by atoms with Crippen LogP contribution in [-0.4, -0.2) is 22.3 Å². The molecule has 6 heteroatoms. The van der Waals surface area contributed by atoms with Crippen LogP contribution in [0.1, 0.15) is 49.7 Å². The normalized spacial score (nSPS) is 14.8. The molecule has 1 amide bonds. The maximum absolute atomic E-state index is 13.9. The van der Waals surface area contributed by atoms with Crippen molar-refractivity contribution in [3.63, 3.8) is 0 Å². The second-order valence-electron chi connectivity index (χ2n) is 5.54. The highest BCUT2D eigenvalue weighted by atomic mass is 32.2. The standard InChI is InChI=1S/C14H21FN2O2S/c1-9(17-20(19)14(2,3)4)10-6-7-11(12(15)8-10)13(18)16-5/h6-9,17H,1-5H3,(H,16,18)/t9-,20?/m0/s1. The third-order valence-corrected chi connectivity index (χ3v) is 4.48. The number of amides is 1. The summed E-state index contributed by atoms with van der Waals surface area (Å²) in [7, 11) is 1.45. The van der Waals surface area contributed by atoms with Crippen molar-refractivity contribution in [2.75, 3.05) is 7.05 Å². The van der Waals surface area contributed by atoms with Crippen molar-refractivity contribution < 1.29 is 13.7 Å². The van der Waals surface area contributed by atoms with Gasteiger partial charge in [-0.15, -0.1) is 4.72 Å². The number of halogens is 1. The molecule has 0 aliphatic rings. The molecule has 0 saturated heterocycles. The quantitative estimate of drug-likeness (QED) is 0.839. The predicted molar refractivity (Wildman–Crippen MR) is 79.2 cm³/mol. The van der Waals surface area contributed by atoms with Crippen molar-refractivity contribution in [1.82, 2.24) is 10.0 Å². The molecular weight excluding hydrogens is 279 g/mol. The molecule has 2 atom stereocenters. The van der Waals surface area contributed by atoms with Crippen molar-refractivity contribution in [2.24, 2.45) is 0 Å². The summed E-state index contributed by atoms with van der Waals surface area (Å²) in [6, 6.07) is 4.11. The zero-order chi connectivity index (χ0) is 15.5. The average Bonchev–Trinajstić information content (AvgIpc) is 2.36. The van der Waals surface area contributed by atoms with E-state index in [0.717, 1.165) is 0 Å². The minimum Gasteiger partial charge on any atom is -0.598 e. The maximum atomic E-state index is 13.9. The largest absolute Gasteiger partial charge is 0.598 e. The lowest BCUT2D eigenvalue weighted by molar-refractivity contribution is 0.0959. The maximum Gasteiger partial charge on any atom is 0.253 e. The van der Waals surface area contributed by atoms with E-state index >= 15 is 0 Å². The van der Waals surface area contributed by atoms with Crippen LogP contribution in [0.2, 0.25) is 0 Å². The van der Waals surface area contributed by atoms with Gasteiger partial charge in [-0.2, -0.15) is 0 Å². The fourth-order valence-corrected chi connectivity index (χ4v) is 2.34. The molecule has 0 spiro atoms. The van der Waals surface area contributed by atoms with E-state index in [9.17, 15) is 13.7 Å². The Hall–Kier alpha value is -1.11. The van der Waals surface area contributed by atoms with Crippen molar-refractivity contribution in [3.8, 4) is 0 Å². The first-order valence-corrected chi connectivity index (χ1v) is 7.51. The molecular formula is C14H21FN2O2S. The number of hydrogen-bond acceptors (Lipinski definition) is 3. The van der Waals surface area contributed by atoms with Gasteiger partial charge < -0.3 is 9.87 Å². The minimum atomic E-state index is -1.24. The number of rotatable bonds is 4. The first-order valence-electron chi connectivity index (χ1n) is 6.36. The molecule has 2 N–H and O–H groups in total. The molecule has 20 heavy (non-hydrogen) atoms. The van der Waals surface area contributed by atoms with Gasteiger partial charge in [-0.3, -0.25) is 4.79 Å². The van der Waals surface area contributed by atoms with Crippen molar-refractivity contribution >= 4 is 17.3 Å². The van der Waals surface area contributed by atoms with Crippen LogP contribution in [0.3, 0.4) is 0 Å². The number of carbonyl (C=O) groups excluding carboxylic acids is 1. The Bertz CT molecular complexity index is 489. The zero-order valence-electron chi connectivity index (χ0n) is 12.4. The Morgan fingerprint density at radius 2 is 2.00 bits per heavy atom. The van der Waals surface area contributed by atoms with Crippen LogP contribution in [-0.2, 0) is 11.4 Å². The van der Waals surface area contributed by atoms with Gasteiger partial charge in [0.25, 0.3) is 5.91 Å². The fourth-order valence-electron chi connectivity index (χ4n) is 1.52. The first-order chi connectivity index (χ1) is 9.16. The molecule has 4 nitrogen and oxygen atoms in total.